The third kappa shape index (κ3) is 17.5. The summed E-state index contributed by atoms with van der Waals surface area (Å²) in [5.74, 6) is -2.01. The van der Waals surface area contributed by atoms with E-state index in [-0.39, 0.29) is 59.7 Å². The lowest BCUT2D eigenvalue weighted by Gasteiger charge is -2.52. The Morgan fingerprint density at radius 2 is 1.22 bits per heavy atom. The number of ether oxygens (including phenoxy) is 9. The minimum atomic E-state index is -2.96. The van der Waals surface area contributed by atoms with E-state index in [1.165, 1.54) is 10.4 Å². The fourth-order valence-electron chi connectivity index (χ4n) is 13.7. The van der Waals surface area contributed by atoms with E-state index < -0.39 is 70.1 Å². The van der Waals surface area contributed by atoms with Gasteiger partial charge >= 0.3 is 0 Å². The number of carbonyl (C=O) groups is 1. The SMILES string of the molecule is C=C(C[C@H]1C[C@](C)(O)C[C@@]2(C[C@@H](O)C[C@H](CCOCc3ccc(OC)cc3)O2)O1)[C@@H](C)C(=O)[C@H](C)[C@@H](C[C@@H]1C[C@H](OC)C[C@]2(C[C@@H](O[Si](C)(C)C(C)(C)C)C[C@H](CO[Si](c3ccccc3)(c3ccccc3)C(C)(C)C)O2)O1)OCc1ccc(OC)cc1. The van der Waals surface area contributed by atoms with Gasteiger partial charge in [0.25, 0.3) is 8.32 Å². The van der Waals surface area contributed by atoms with E-state index in [9.17, 15) is 10.2 Å². The van der Waals surface area contributed by atoms with Gasteiger partial charge in [-0.25, -0.2) is 0 Å². The fourth-order valence-corrected chi connectivity index (χ4v) is 19.6. The number of carbonyl (C=O) groups excluding carboxylic acids is 1. The topological polar surface area (TPSA) is 159 Å². The molecule has 8 rings (SSSR count). The molecule has 0 radical (unpaired) electrons. The summed E-state index contributed by atoms with van der Waals surface area (Å²) in [5, 5.41) is 25.3. The van der Waals surface area contributed by atoms with E-state index in [4.69, 9.17) is 51.5 Å². The van der Waals surface area contributed by atoms with Gasteiger partial charge < -0.3 is 61.7 Å². The molecule has 0 unspecified atom stereocenters. The lowest BCUT2D eigenvalue weighted by atomic mass is 9.79. The Morgan fingerprint density at radius 3 is 1.78 bits per heavy atom. The molecular weight excluding hydrogens is 1130 g/mol. The van der Waals surface area contributed by atoms with Gasteiger partial charge in [0.2, 0.25) is 0 Å². The van der Waals surface area contributed by atoms with Gasteiger partial charge in [0.1, 0.15) is 17.3 Å². The smallest absolute Gasteiger partial charge is 0.261 e. The first-order chi connectivity index (χ1) is 41.1. The molecule has 4 aromatic rings. The van der Waals surface area contributed by atoms with Crippen LogP contribution in [0.4, 0.5) is 0 Å². The fraction of sp³-hybridized carbons (Fsp3) is 0.620. The molecule has 0 saturated carbocycles. The van der Waals surface area contributed by atoms with Crippen molar-refractivity contribution in [2.75, 3.05) is 34.5 Å². The maximum absolute atomic E-state index is 15.2. The molecule has 2 N–H and O–H groups in total. The molecule has 4 aliphatic heterocycles. The Bertz CT molecular complexity index is 2760. The van der Waals surface area contributed by atoms with Crippen molar-refractivity contribution >= 4 is 32.8 Å². The highest BCUT2D eigenvalue weighted by molar-refractivity contribution is 6.99. The van der Waals surface area contributed by atoms with Gasteiger partial charge in [-0.05, 0) is 95.1 Å². The number of benzene rings is 4. The lowest BCUT2D eigenvalue weighted by molar-refractivity contribution is -0.350. The molecule has 16 heteroatoms. The number of ketones is 1. The van der Waals surface area contributed by atoms with Crippen molar-refractivity contribution in [1.82, 2.24) is 0 Å². The van der Waals surface area contributed by atoms with Crippen molar-refractivity contribution in [3.63, 3.8) is 0 Å². The van der Waals surface area contributed by atoms with E-state index in [2.05, 4.69) is 122 Å². The van der Waals surface area contributed by atoms with Gasteiger partial charge in [0.05, 0.1) is 88.5 Å². The highest BCUT2D eigenvalue weighted by Gasteiger charge is 2.56. The third-order valence-electron chi connectivity index (χ3n) is 19.2. The quantitative estimate of drug-likeness (QED) is 0.0347. The normalized spacial score (nSPS) is 28.4. The summed E-state index contributed by atoms with van der Waals surface area (Å²) in [7, 11) is -0.225. The Morgan fingerprint density at radius 1 is 0.678 bits per heavy atom. The molecule has 0 aliphatic carbocycles. The van der Waals surface area contributed by atoms with E-state index in [1.807, 2.05) is 62.4 Å². The molecule has 480 valence electrons. The maximum atomic E-state index is 15.2. The zero-order valence-electron chi connectivity index (χ0n) is 54.8. The minimum Gasteiger partial charge on any atom is -0.497 e. The second-order valence-electron chi connectivity index (χ2n) is 28.4. The summed E-state index contributed by atoms with van der Waals surface area (Å²) in [6.07, 6.45) is 1.24. The van der Waals surface area contributed by atoms with Gasteiger partial charge in [0, 0.05) is 76.9 Å². The van der Waals surface area contributed by atoms with E-state index in [0.717, 1.165) is 22.6 Å². The second-order valence-corrected chi connectivity index (χ2v) is 37.4. The summed E-state index contributed by atoms with van der Waals surface area (Å²) in [4.78, 5) is 15.2. The number of hydrogen-bond acceptors (Lipinski definition) is 14. The van der Waals surface area contributed by atoms with Crippen molar-refractivity contribution in [3.05, 3.63) is 132 Å². The molecule has 2 spiro atoms. The van der Waals surface area contributed by atoms with Crippen LogP contribution in [-0.4, -0.2) is 133 Å². The van der Waals surface area contributed by atoms with Crippen molar-refractivity contribution in [1.29, 1.82) is 0 Å². The zero-order valence-corrected chi connectivity index (χ0v) is 56.8. The number of hydrogen-bond donors (Lipinski definition) is 2. The molecule has 4 saturated heterocycles. The van der Waals surface area contributed by atoms with Crippen LogP contribution < -0.4 is 19.8 Å². The van der Waals surface area contributed by atoms with Crippen LogP contribution in [0, 0.1) is 11.8 Å². The van der Waals surface area contributed by atoms with Gasteiger partial charge in [-0.1, -0.05) is 152 Å². The van der Waals surface area contributed by atoms with Crippen LogP contribution in [0.15, 0.2) is 121 Å². The second kappa shape index (κ2) is 29.0. The Labute approximate surface area is 522 Å². The Hall–Kier alpha value is -4.12. The van der Waals surface area contributed by atoms with Crippen LogP contribution >= 0.6 is 0 Å². The number of Topliss-reactive ketones (excluding diaryl/α,β-unsaturated/α-hetero) is 1. The third-order valence-corrected chi connectivity index (χ3v) is 28.8. The van der Waals surface area contributed by atoms with Gasteiger partial charge in [-0.3, -0.25) is 4.79 Å². The molecule has 87 heavy (non-hydrogen) atoms. The molecular formula is C71H104O14Si2. The Balaban J connectivity index is 1.01. The van der Waals surface area contributed by atoms with Crippen LogP contribution in [0.1, 0.15) is 144 Å². The number of rotatable bonds is 26. The first kappa shape index (κ1) is 68.8. The number of aliphatic hydroxyl groups excluding tert-OH is 1. The summed E-state index contributed by atoms with van der Waals surface area (Å²) in [5.41, 5.74) is 1.48. The van der Waals surface area contributed by atoms with Crippen molar-refractivity contribution in [3.8, 4) is 11.5 Å². The summed E-state index contributed by atoms with van der Waals surface area (Å²) >= 11 is 0. The average Bonchev–Trinajstić information content (AvgIpc) is 0.947. The van der Waals surface area contributed by atoms with Crippen molar-refractivity contribution in [2.45, 2.75) is 235 Å². The van der Waals surface area contributed by atoms with Gasteiger partial charge in [-0.2, -0.15) is 0 Å². The first-order valence-corrected chi connectivity index (χ1v) is 36.6. The van der Waals surface area contributed by atoms with Crippen molar-refractivity contribution < 1.29 is 66.5 Å². The van der Waals surface area contributed by atoms with Crippen LogP contribution in [0.3, 0.4) is 0 Å². The number of aliphatic hydroxyl groups is 2. The van der Waals surface area contributed by atoms with Crippen LogP contribution in [0.2, 0.25) is 23.2 Å². The highest BCUT2D eigenvalue weighted by atomic mass is 28.4. The zero-order chi connectivity index (χ0) is 63.0. The molecule has 0 bridgehead atoms. The molecule has 14 nitrogen and oxygen atoms in total. The summed E-state index contributed by atoms with van der Waals surface area (Å²) < 4.78 is 73.5. The van der Waals surface area contributed by atoms with Crippen LogP contribution in [0.5, 0.6) is 11.5 Å². The molecule has 4 aliphatic rings. The molecule has 4 fully saturated rings. The molecule has 4 heterocycles. The van der Waals surface area contributed by atoms with Crippen molar-refractivity contribution in [2.24, 2.45) is 11.8 Å². The minimum absolute atomic E-state index is 0.0258. The lowest BCUT2D eigenvalue weighted by Crippen LogP contribution is -2.67. The molecule has 0 aromatic heterocycles. The van der Waals surface area contributed by atoms with E-state index in [1.54, 1.807) is 28.3 Å². The van der Waals surface area contributed by atoms with Gasteiger partial charge in [-0.15, -0.1) is 0 Å². The van der Waals surface area contributed by atoms with Gasteiger partial charge in [0.15, 0.2) is 19.9 Å². The number of methoxy groups -OCH3 is 3. The predicted molar refractivity (Wildman–Crippen MR) is 346 cm³/mol. The summed E-state index contributed by atoms with van der Waals surface area (Å²) in [6, 6.07) is 37.0. The first-order valence-electron chi connectivity index (χ1n) is 31.8. The average molecular weight is 1240 g/mol. The predicted octanol–water partition coefficient (Wildman–Crippen LogP) is 12.6. The highest BCUT2D eigenvalue weighted by Crippen LogP contribution is 2.48. The molecule has 0 amide bonds. The van der Waals surface area contributed by atoms with E-state index >= 15 is 4.79 Å². The maximum Gasteiger partial charge on any atom is 0.261 e. The Kier molecular flexibility index (Phi) is 22.9. The molecule has 4 aromatic carbocycles. The summed E-state index contributed by atoms with van der Waals surface area (Å²) in [6.45, 7) is 29.9. The van der Waals surface area contributed by atoms with Crippen LogP contribution in [-0.2, 0) is 60.0 Å². The molecule has 13 atom stereocenters. The van der Waals surface area contributed by atoms with E-state index in [0.29, 0.717) is 83.2 Å². The van der Waals surface area contributed by atoms with Crippen LogP contribution in [0.25, 0.3) is 0 Å². The largest absolute Gasteiger partial charge is 0.497 e. The monoisotopic (exact) mass is 1240 g/mol. The standard InChI is InChI=1S/C71H104O14Si2/c1-49(36-60-42-69(10,74)48-71(83-60)41-54(72)37-57(81-71)34-35-78-45-52-26-30-55(75-11)31-27-52)50(2)66(73)51(3)65(79-46-53-28-32-56(76-12)33-29-53)40-58-38-59(77-13)43-70(82-58)44-61(85-86(14,15)67(4,5)6)39-62(84-70)47-80-87(68(7,8)9,63-22-18-16-19-23-63)64-24-20-17-21-25-64/h16-33,50-51,54,57-62,65,72,74H,1,34-48H2,2-15H3/t50-,51-,54+,57+,58+,59+,60+,61+,62-,65-,69+,70+,71-/m1/s1.